The normalized spacial score (nSPS) is 14.0. The average Bonchev–Trinajstić information content (AvgIpc) is 3.36. The molecule has 0 atom stereocenters. The first-order valence-electron chi connectivity index (χ1n) is 11.9. The lowest BCUT2D eigenvalue weighted by Crippen LogP contribution is -2.33. The third-order valence-corrected chi connectivity index (χ3v) is 6.84. The van der Waals surface area contributed by atoms with E-state index in [4.69, 9.17) is 0 Å². The summed E-state index contributed by atoms with van der Waals surface area (Å²) in [5.41, 5.74) is 0.235. The number of anilines is 2. The zero-order valence-corrected chi connectivity index (χ0v) is 20.2. The van der Waals surface area contributed by atoms with Gasteiger partial charge in [0.1, 0.15) is 0 Å². The molecule has 10 nitrogen and oxygen atoms in total. The van der Waals surface area contributed by atoms with Crippen LogP contribution in [0, 0.1) is 0 Å². The molecule has 0 saturated heterocycles. The first-order valence-corrected chi connectivity index (χ1v) is 11.9. The summed E-state index contributed by atoms with van der Waals surface area (Å²) in [6, 6.07) is 19.9. The molecule has 0 aromatic heterocycles. The number of benzene rings is 4. The zero-order valence-electron chi connectivity index (χ0n) is 20.2. The van der Waals surface area contributed by atoms with Gasteiger partial charge in [0.05, 0.1) is 45.6 Å². The standard InChI is InChI=1S/C30H16N2O8/c33-25-17-11-9-15(13-21(17)27(35)31(25)23-7-3-1-5-19(23)29(37)38)16-10-12-18-22(14-16)28(36)32(26(18)34)24-8-4-2-6-20(24)30(39)40/h1-14H,(H,37,38)(H,39,40)/p-2. The number of fused-ring (bicyclic) bond motifs is 2. The highest BCUT2D eigenvalue weighted by atomic mass is 16.4. The maximum Gasteiger partial charge on any atom is 0.266 e. The topological polar surface area (TPSA) is 155 Å². The van der Waals surface area contributed by atoms with Crippen molar-refractivity contribution in [3.63, 3.8) is 0 Å². The smallest absolute Gasteiger partial charge is 0.266 e. The van der Waals surface area contributed by atoms with Crippen LogP contribution < -0.4 is 20.0 Å². The van der Waals surface area contributed by atoms with Crippen LogP contribution in [-0.4, -0.2) is 35.6 Å². The van der Waals surface area contributed by atoms with Gasteiger partial charge >= 0.3 is 0 Å². The van der Waals surface area contributed by atoms with E-state index >= 15 is 0 Å². The Morgan fingerprint density at radius 3 is 1.20 bits per heavy atom. The number of aromatic carboxylic acids is 2. The third-order valence-electron chi connectivity index (χ3n) is 6.84. The van der Waals surface area contributed by atoms with E-state index in [1.807, 2.05) is 0 Å². The number of carbonyl (C=O) groups excluding carboxylic acids is 6. The van der Waals surface area contributed by atoms with Crippen molar-refractivity contribution in [3.8, 4) is 11.1 Å². The summed E-state index contributed by atoms with van der Waals surface area (Å²) in [7, 11) is 0. The van der Waals surface area contributed by atoms with Crippen molar-refractivity contribution in [2.45, 2.75) is 0 Å². The molecule has 0 saturated carbocycles. The number of amides is 4. The Hall–Kier alpha value is -5.90. The number of carboxylic acids is 2. The van der Waals surface area contributed by atoms with Gasteiger partial charge in [-0.05, 0) is 47.5 Å². The minimum Gasteiger partial charge on any atom is -0.545 e. The van der Waals surface area contributed by atoms with Crippen molar-refractivity contribution < 1.29 is 39.0 Å². The van der Waals surface area contributed by atoms with Gasteiger partial charge in [0, 0.05) is 11.1 Å². The van der Waals surface area contributed by atoms with Gasteiger partial charge in [-0.2, -0.15) is 0 Å². The van der Waals surface area contributed by atoms with E-state index in [-0.39, 0.29) is 44.8 Å². The minimum atomic E-state index is -1.54. The van der Waals surface area contributed by atoms with Crippen LogP contribution in [0.5, 0.6) is 0 Å². The van der Waals surface area contributed by atoms with Crippen molar-refractivity contribution in [3.05, 3.63) is 118 Å². The highest BCUT2D eigenvalue weighted by molar-refractivity contribution is 6.36. The number of carbonyl (C=O) groups is 6. The second kappa shape index (κ2) is 8.84. The SMILES string of the molecule is O=C([O-])c1ccccc1N1C(=O)c2ccc(-c3ccc4c(c3)C(=O)N(c3ccccc3C(=O)[O-])C4=O)cc2C1=O. The highest BCUT2D eigenvalue weighted by Gasteiger charge is 2.39. The largest absolute Gasteiger partial charge is 0.545 e. The summed E-state index contributed by atoms with van der Waals surface area (Å²) >= 11 is 0. The number of nitrogens with zero attached hydrogens (tertiary/aromatic N) is 2. The zero-order chi connectivity index (χ0) is 28.3. The molecular weight excluding hydrogens is 516 g/mol. The quantitative estimate of drug-likeness (QED) is 0.353. The molecular formula is C30H14N2O8-2. The van der Waals surface area contributed by atoms with E-state index in [0.29, 0.717) is 11.1 Å². The molecule has 2 aliphatic heterocycles. The van der Waals surface area contributed by atoms with E-state index in [1.54, 1.807) is 12.1 Å². The van der Waals surface area contributed by atoms with Crippen LogP contribution in [0.4, 0.5) is 11.4 Å². The molecule has 4 aromatic rings. The van der Waals surface area contributed by atoms with E-state index in [0.717, 1.165) is 9.80 Å². The van der Waals surface area contributed by atoms with Crippen molar-refractivity contribution in [2.75, 3.05) is 9.80 Å². The number of rotatable bonds is 5. The van der Waals surface area contributed by atoms with Gasteiger partial charge in [-0.1, -0.05) is 48.5 Å². The van der Waals surface area contributed by atoms with Crippen LogP contribution in [-0.2, 0) is 0 Å². The Balaban J connectivity index is 1.38. The van der Waals surface area contributed by atoms with Crippen LogP contribution in [0.15, 0.2) is 84.9 Å². The van der Waals surface area contributed by atoms with Crippen LogP contribution in [0.2, 0.25) is 0 Å². The fourth-order valence-corrected chi connectivity index (χ4v) is 4.96. The van der Waals surface area contributed by atoms with Gasteiger partial charge in [0.25, 0.3) is 23.6 Å². The molecule has 0 fully saturated rings. The van der Waals surface area contributed by atoms with Crippen molar-refractivity contribution in [1.82, 2.24) is 0 Å². The Morgan fingerprint density at radius 2 is 0.825 bits per heavy atom. The summed E-state index contributed by atoms with van der Waals surface area (Å²) in [6.45, 7) is 0. The first-order chi connectivity index (χ1) is 19.2. The number of para-hydroxylation sites is 2. The van der Waals surface area contributed by atoms with E-state index in [1.165, 1.54) is 72.8 Å². The molecule has 4 amide bonds. The molecule has 0 N–H and O–H groups in total. The van der Waals surface area contributed by atoms with Gasteiger partial charge in [-0.15, -0.1) is 0 Å². The second-order valence-electron chi connectivity index (χ2n) is 9.02. The molecule has 0 bridgehead atoms. The van der Waals surface area contributed by atoms with Crippen molar-refractivity contribution in [1.29, 1.82) is 0 Å². The highest BCUT2D eigenvalue weighted by Crippen LogP contribution is 2.36. The van der Waals surface area contributed by atoms with Crippen LogP contribution >= 0.6 is 0 Å². The van der Waals surface area contributed by atoms with Crippen LogP contribution in [0.1, 0.15) is 62.1 Å². The number of imide groups is 2. The van der Waals surface area contributed by atoms with E-state index in [2.05, 4.69) is 0 Å². The maximum absolute atomic E-state index is 13.3. The molecule has 40 heavy (non-hydrogen) atoms. The van der Waals surface area contributed by atoms with Crippen molar-refractivity contribution in [2.24, 2.45) is 0 Å². The van der Waals surface area contributed by atoms with Gasteiger partial charge in [-0.3, -0.25) is 19.2 Å². The molecule has 2 heterocycles. The molecule has 194 valence electrons. The molecule has 0 unspecified atom stereocenters. The van der Waals surface area contributed by atoms with Gasteiger partial charge in [0.15, 0.2) is 0 Å². The lowest BCUT2D eigenvalue weighted by Gasteiger charge is -2.18. The van der Waals surface area contributed by atoms with Gasteiger partial charge in [-0.25, -0.2) is 9.80 Å². The molecule has 4 aromatic carbocycles. The number of hydrogen-bond donors (Lipinski definition) is 0. The predicted molar refractivity (Wildman–Crippen MR) is 136 cm³/mol. The summed E-state index contributed by atoms with van der Waals surface area (Å²) in [4.78, 5) is 77.3. The summed E-state index contributed by atoms with van der Waals surface area (Å²) in [5.74, 6) is -5.93. The summed E-state index contributed by atoms with van der Waals surface area (Å²) in [5, 5.41) is 23.1. The first kappa shape index (κ1) is 24.4. The Labute approximate surface area is 225 Å². The lowest BCUT2D eigenvalue weighted by molar-refractivity contribution is -0.256. The lowest BCUT2D eigenvalue weighted by atomic mass is 9.97. The Kier molecular flexibility index (Phi) is 5.40. The minimum absolute atomic E-state index is 0.0306. The Morgan fingerprint density at radius 1 is 0.475 bits per heavy atom. The average molecular weight is 530 g/mol. The number of carboxylic acid groups (broad SMARTS) is 2. The third kappa shape index (κ3) is 3.51. The summed E-state index contributed by atoms with van der Waals surface area (Å²) in [6.07, 6.45) is 0. The van der Waals surface area contributed by atoms with Gasteiger partial charge < -0.3 is 19.8 Å². The van der Waals surface area contributed by atoms with E-state index < -0.39 is 35.6 Å². The second-order valence-corrected chi connectivity index (χ2v) is 9.02. The maximum atomic E-state index is 13.3. The van der Waals surface area contributed by atoms with E-state index in [9.17, 15) is 39.0 Å². The van der Waals surface area contributed by atoms with Gasteiger partial charge in [0.2, 0.25) is 0 Å². The fourth-order valence-electron chi connectivity index (χ4n) is 4.96. The van der Waals surface area contributed by atoms with Crippen LogP contribution in [0.3, 0.4) is 0 Å². The molecule has 0 radical (unpaired) electrons. The fraction of sp³-hybridized carbons (Fsp3) is 0. The monoisotopic (exact) mass is 530 g/mol. The molecule has 0 spiro atoms. The molecule has 0 aliphatic carbocycles. The Bertz CT molecular complexity index is 1720. The van der Waals surface area contributed by atoms with Crippen LogP contribution in [0.25, 0.3) is 11.1 Å². The molecule has 6 rings (SSSR count). The van der Waals surface area contributed by atoms with Crippen molar-refractivity contribution >= 4 is 46.9 Å². The predicted octanol–water partition coefficient (Wildman–Crippen LogP) is 1.68. The molecule has 2 aliphatic rings. The summed E-state index contributed by atoms with van der Waals surface area (Å²) < 4.78 is 0. The molecule has 10 heteroatoms. The number of hydrogen-bond acceptors (Lipinski definition) is 8.